The number of rotatable bonds is 5. The van der Waals surface area contributed by atoms with Gasteiger partial charge in [-0.25, -0.2) is 4.39 Å². The van der Waals surface area contributed by atoms with Crippen molar-refractivity contribution in [3.05, 3.63) is 56.4 Å². The van der Waals surface area contributed by atoms with Gasteiger partial charge in [0.2, 0.25) is 0 Å². The van der Waals surface area contributed by atoms with Crippen molar-refractivity contribution >= 4 is 27.3 Å². The predicted molar refractivity (Wildman–Crippen MR) is 81.7 cm³/mol. The number of halogens is 2. The highest BCUT2D eigenvalue weighted by Gasteiger charge is 2.17. The zero-order valence-corrected chi connectivity index (χ0v) is 13.0. The Morgan fingerprint density at radius 3 is 2.58 bits per heavy atom. The first kappa shape index (κ1) is 14.7. The average molecular weight is 343 g/mol. The van der Waals surface area contributed by atoms with Crippen molar-refractivity contribution in [2.75, 3.05) is 13.6 Å². The first-order chi connectivity index (χ1) is 9.10. The van der Waals surface area contributed by atoms with Crippen LogP contribution in [0.3, 0.4) is 0 Å². The molecule has 19 heavy (non-hydrogen) atoms. The Balaban J connectivity index is 2.08. The molecule has 0 aliphatic heterocycles. The first-order valence-electron chi connectivity index (χ1n) is 5.99. The van der Waals surface area contributed by atoms with Crippen LogP contribution in [-0.4, -0.2) is 18.5 Å². The summed E-state index contributed by atoms with van der Waals surface area (Å²) in [6.45, 7) is 1.31. The quantitative estimate of drug-likeness (QED) is 0.895. The Kier molecular flexibility index (Phi) is 5.10. The lowest BCUT2D eigenvalue weighted by Crippen LogP contribution is -2.29. The second-order valence-electron chi connectivity index (χ2n) is 4.46. The molecule has 2 N–H and O–H groups in total. The highest BCUT2D eigenvalue weighted by atomic mass is 79.9. The highest BCUT2D eigenvalue weighted by molar-refractivity contribution is 9.10. The number of thiophene rings is 1. The SMILES string of the molecule is CN(Cc1ccc(F)cc1)C(CN)c1cc(Br)cs1. The minimum Gasteiger partial charge on any atom is -0.329 e. The van der Waals surface area contributed by atoms with Crippen LogP contribution < -0.4 is 5.73 Å². The summed E-state index contributed by atoms with van der Waals surface area (Å²) in [5, 5.41) is 2.06. The molecule has 0 fully saturated rings. The molecule has 2 nitrogen and oxygen atoms in total. The Labute approximate surface area is 125 Å². The van der Waals surface area contributed by atoms with Crippen molar-refractivity contribution in [2.45, 2.75) is 12.6 Å². The van der Waals surface area contributed by atoms with Crippen LogP contribution in [0, 0.1) is 5.82 Å². The van der Waals surface area contributed by atoms with Crippen molar-refractivity contribution in [2.24, 2.45) is 5.73 Å². The smallest absolute Gasteiger partial charge is 0.123 e. The minimum absolute atomic E-state index is 0.182. The van der Waals surface area contributed by atoms with Crippen LogP contribution in [0.2, 0.25) is 0 Å². The van der Waals surface area contributed by atoms with Crippen LogP contribution in [-0.2, 0) is 6.54 Å². The summed E-state index contributed by atoms with van der Waals surface area (Å²) in [7, 11) is 2.04. The van der Waals surface area contributed by atoms with Crippen molar-refractivity contribution in [3.63, 3.8) is 0 Å². The molecule has 0 aliphatic carbocycles. The normalized spacial score (nSPS) is 12.9. The van der Waals surface area contributed by atoms with Gasteiger partial charge in [-0.1, -0.05) is 12.1 Å². The van der Waals surface area contributed by atoms with E-state index in [2.05, 4.69) is 32.3 Å². The van der Waals surface area contributed by atoms with Gasteiger partial charge in [-0.15, -0.1) is 11.3 Å². The predicted octanol–water partition coefficient (Wildman–Crippen LogP) is 3.78. The Morgan fingerprint density at radius 2 is 2.05 bits per heavy atom. The maximum Gasteiger partial charge on any atom is 0.123 e. The van der Waals surface area contributed by atoms with Crippen molar-refractivity contribution in [3.8, 4) is 0 Å². The largest absolute Gasteiger partial charge is 0.329 e. The standard InChI is InChI=1S/C14H16BrFN2S/c1-18(8-10-2-4-12(16)5-3-10)13(7-17)14-6-11(15)9-19-14/h2-6,9,13H,7-8,17H2,1H3. The third kappa shape index (κ3) is 3.86. The van der Waals surface area contributed by atoms with Crippen LogP contribution in [0.1, 0.15) is 16.5 Å². The molecule has 5 heteroatoms. The van der Waals surface area contributed by atoms with E-state index in [0.29, 0.717) is 6.54 Å². The monoisotopic (exact) mass is 342 g/mol. The van der Waals surface area contributed by atoms with E-state index in [1.165, 1.54) is 17.0 Å². The molecule has 1 aromatic carbocycles. The number of hydrogen-bond acceptors (Lipinski definition) is 3. The maximum atomic E-state index is 12.9. The van der Waals surface area contributed by atoms with Gasteiger partial charge in [0.25, 0.3) is 0 Å². The molecule has 0 spiro atoms. The molecule has 0 bridgehead atoms. The lowest BCUT2D eigenvalue weighted by atomic mass is 10.1. The molecule has 1 aromatic heterocycles. The third-order valence-corrected chi connectivity index (χ3v) is 4.81. The summed E-state index contributed by atoms with van der Waals surface area (Å²) in [4.78, 5) is 3.42. The lowest BCUT2D eigenvalue weighted by molar-refractivity contribution is 0.245. The zero-order chi connectivity index (χ0) is 13.8. The zero-order valence-electron chi connectivity index (χ0n) is 10.6. The average Bonchev–Trinajstić information content (AvgIpc) is 2.80. The van der Waals surface area contributed by atoms with E-state index in [1.54, 1.807) is 11.3 Å². The van der Waals surface area contributed by atoms with Gasteiger partial charge >= 0.3 is 0 Å². The Hall–Kier alpha value is -0.750. The van der Waals surface area contributed by atoms with E-state index in [0.717, 1.165) is 16.6 Å². The van der Waals surface area contributed by atoms with Gasteiger partial charge in [-0.2, -0.15) is 0 Å². The molecule has 1 unspecified atom stereocenters. The summed E-state index contributed by atoms with van der Waals surface area (Å²) < 4.78 is 14.0. The fourth-order valence-corrected chi connectivity index (χ4v) is 3.63. The van der Waals surface area contributed by atoms with Gasteiger partial charge in [-0.05, 0) is 46.7 Å². The summed E-state index contributed by atoms with van der Waals surface area (Å²) >= 11 is 5.16. The molecular formula is C14H16BrFN2S. The molecular weight excluding hydrogens is 327 g/mol. The minimum atomic E-state index is -0.205. The van der Waals surface area contributed by atoms with E-state index < -0.39 is 0 Å². The molecule has 1 atom stereocenters. The summed E-state index contributed by atoms with van der Waals surface area (Å²) in [5.41, 5.74) is 6.96. The lowest BCUT2D eigenvalue weighted by Gasteiger charge is -2.26. The number of benzene rings is 1. The maximum absolute atomic E-state index is 12.9. The molecule has 102 valence electrons. The molecule has 0 aliphatic rings. The second-order valence-corrected chi connectivity index (χ2v) is 6.32. The van der Waals surface area contributed by atoms with Crippen molar-refractivity contribution in [1.29, 1.82) is 0 Å². The molecule has 0 radical (unpaired) electrons. The topological polar surface area (TPSA) is 29.3 Å². The third-order valence-electron chi connectivity index (χ3n) is 3.02. The van der Waals surface area contributed by atoms with Gasteiger partial charge in [0.1, 0.15) is 5.82 Å². The molecule has 2 aromatic rings. The Bertz CT molecular complexity index is 526. The molecule has 2 rings (SSSR count). The van der Waals surface area contributed by atoms with Gasteiger partial charge in [0, 0.05) is 27.8 Å². The van der Waals surface area contributed by atoms with Gasteiger partial charge in [0.05, 0.1) is 6.04 Å². The number of likely N-dealkylation sites (N-methyl/N-ethyl adjacent to an activating group) is 1. The molecule has 0 saturated carbocycles. The fraction of sp³-hybridized carbons (Fsp3) is 0.286. The van der Waals surface area contributed by atoms with Gasteiger partial charge in [0.15, 0.2) is 0 Å². The van der Waals surface area contributed by atoms with Crippen LogP contribution in [0.25, 0.3) is 0 Å². The second kappa shape index (κ2) is 6.61. The van der Waals surface area contributed by atoms with Crippen LogP contribution in [0.15, 0.2) is 40.2 Å². The molecule has 1 heterocycles. The first-order valence-corrected chi connectivity index (χ1v) is 7.66. The summed E-state index contributed by atoms with van der Waals surface area (Å²) in [5.74, 6) is -0.205. The van der Waals surface area contributed by atoms with Gasteiger partial charge in [-0.3, -0.25) is 4.90 Å². The van der Waals surface area contributed by atoms with E-state index >= 15 is 0 Å². The van der Waals surface area contributed by atoms with E-state index in [4.69, 9.17) is 5.73 Å². The summed E-state index contributed by atoms with van der Waals surface area (Å²) in [6, 6.07) is 8.88. The summed E-state index contributed by atoms with van der Waals surface area (Å²) in [6.07, 6.45) is 0. The van der Waals surface area contributed by atoms with Crippen LogP contribution in [0.4, 0.5) is 4.39 Å². The highest BCUT2D eigenvalue weighted by Crippen LogP contribution is 2.29. The molecule has 0 amide bonds. The fourth-order valence-electron chi connectivity index (χ4n) is 2.00. The number of nitrogens with zero attached hydrogens (tertiary/aromatic N) is 1. The van der Waals surface area contributed by atoms with Crippen molar-refractivity contribution < 1.29 is 4.39 Å². The Morgan fingerprint density at radius 1 is 1.37 bits per heavy atom. The van der Waals surface area contributed by atoms with Gasteiger partial charge < -0.3 is 5.73 Å². The van der Waals surface area contributed by atoms with Crippen molar-refractivity contribution in [1.82, 2.24) is 4.90 Å². The molecule has 0 saturated heterocycles. The van der Waals surface area contributed by atoms with E-state index in [1.807, 2.05) is 19.2 Å². The van der Waals surface area contributed by atoms with E-state index in [9.17, 15) is 4.39 Å². The van der Waals surface area contributed by atoms with Crippen LogP contribution in [0.5, 0.6) is 0 Å². The van der Waals surface area contributed by atoms with E-state index in [-0.39, 0.29) is 11.9 Å². The number of nitrogens with two attached hydrogens (primary N) is 1. The van der Waals surface area contributed by atoms with Crippen LogP contribution >= 0.6 is 27.3 Å². The number of hydrogen-bond donors (Lipinski definition) is 1.